The minimum Gasteiger partial charge on any atom is -0.451 e. The van der Waals surface area contributed by atoms with E-state index in [2.05, 4.69) is 10.5 Å². The monoisotopic (exact) mass is 417 g/mol. The number of anilines is 1. The van der Waals surface area contributed by atoms with Gasteiger partial charge in [-0.05, 0) is 32.2 Å². The van der Waals surface area contributed by atoms with Gasteiger partial charge in [-0.1, -0.05) is 17.3 Å². The quantitative estimate of drug-likeness (QED) is 0.536. The summed E-state index contributed by atoms with van der Waals surface area (Å²) in [5.41, 5.74) is 0.479. The number of nitrogens with zero attached hydrogens (tertiary/aromatic N) is 2. The molecule has 1 aliphatic heterocycles. The molecular weight excluding hydrogens is 398 g/mol. The summed E-state index contributed by atoms with van der Waals surface area (Å²) in [4.78, 5) is 51.2. The van der Waals surface area contributed by atoms with Crippen LogP contribution in [0.25, 0.3) is 0 Å². The second-order valence-electron chi connectivity index (χ2n) is 6.39. The van der Waals surface area contributed by atoms with Gasteiger partial charge >= 0.3 is 5.97 Å². The van der Waals surface area contributed by atoms with E-state index in [4.69, 9.17) is 9.26 Å². The maximum atomic E-state index is 12.7. The number of aryl methyl sites for hydroxylation is 1. The Bertz CT molecular complexity index is 937. The Labute approximate surface area is 170 Å². The van der Waals surface area contributed by atoms with Gasteiger partial charge in [-0.15, -0.1) is 0 Å². The second kappa shape index (κ2) is 8.48. The minimum atomic E-state index is -1.17. The van der Waals surface area contributed by atoms with Gasteiger partial charge in [0.25, 0.3) is 17.7 Å². The predicted molar refractivity (Wildman–Crippen MR) is 105 cm³/mol. The van der Waals surface area contributed by atoms with E-state index in [1.165, 1.54) is 36.9 Å². The Morgan fingerprint density at radius 3 is 2.38 bits per heavy atom. The fourth-order valence-electron chi connectivity index (χ4n) is 2.86. The molecule has 0 fully saturated rings. The van der Waals surface area contributed by atoms with Crippen molar-refractivity contribution in [2.45, 2.75) is 26.0 Å². The molecule has 2 aromatic rings. The van der Waals surface area contributed by atoms with Crippen LogP contribution in [0.3, 0.4) is 0 Å². The van der Waals surface area contributed by atoms with E-state index in [-0.39, 0.29) is 22.7 Å². The van der Waals surface area contributed by atoms with Crippen LogP contribution in [0.15, 0.2) is 34.9 Å². The van der Waals surface area contributed by atoms with Gasteiger partial charge in [0.05, 0.1) is 11.1 Å². The van der Waals surface area contributed by atoms with E-state index < -0.39 is 35.8 Å². The summed E-state index contributed by atoms with van der Waals surface area (Å²) in [5.74, 6) is -1.73. The van der Waals surface area contributed by atoms with Gasteiger partial charge in [-0.2, -0.15) is 11.8 Å². The maximum Gasteiger partial charge on any atom is 0.331 e. The highest BCUT2D eigenvalue weighted by Crippen LogP contribution is 2.26. The third-order valence-electron chi connectivity index (χ3n) is 4.28. The molecule has 0 radical (unpaired) electrons. The van der Waals surface area contributed by atoms with Crippen molar-refractivity contribution in [1.29, 1.82) is 0 Å². The molecule has 10 heteroatoms. The molecule has 1 aromatic heterocycles. The fraction of sp³-hybridized carbons (Fsp3) is 0.316. The number of hydrogen-bond acceptors (Lipinski definition) is 8. The van der Waals surface area contributed by atoms with Crippen LogP contribution < -0.4 is 5.32 Å². The van der Waals surface area contributed by atoms with Gasteiger partial charge in [0.1, 0.15) is 11.8 Å². The normalized spacial score (nSPS) is 15.1. The van der Waals surface area contributed by atoms with Crippen molar-refractivity contribution in [2.75, 3.05) is 17.3 Å². The summed E-state index contributed by atoms with van der Waals surface area (Å²) in [6.07, 6.45) is 0.570. The van der Waals surface area contributed by atoms with Gasteiger partial charge in [0, 0.05) is 11.8 Å². The van der Waals surface area contributed by atoms with Crippen LogP contribution in [-0.2, 0) is 14.3 Å². The largest absolute Gasteiger partial charge is 0.451 e. The van der Waals surface area contributed by atoms with E-state index in [0.717, 1.165) is 4.90 Å². The first-order valence-corrected chi connectivity index (χ1v) is 10.1. The van der Waals surface area contributed by atoms with Gasteiger partial charge < -0.3 is 14.6 Å². The Kier molecular flexibility index (Phi) is 6.02. The molecule has 3 rings (SSSR count). The molecule has 0 saturated carbocycles. The van der Waals surface area contributed by atoms with Gasteiger partial charge in [-0.3, -0.25) is 19.3 Å². The van der Waals surface area contributed by atoms with Crippen LogP contribution in [0.4, 0.5) is 5.82 Å². The molecule has 0 aliphatic carbocycles. The Morgan fingerprint density at radius 2 is 1.86 bits per heavy atom. The van der Waals surface area contributed by atoms with E-state index in [1.54, 1.807) is 25.3 Å². The number of esters is 1. The van der Waals surface area contributed by atoms with Gasteiger partial charge in [0.2, 0.25) is 0 Å². The van der Waals surface area contributed by atoms with E-state index in [9.17, 15) is 19.2 Å². The third kappa shape index (κ3) is 4.16. The SMILES string of the molecule is CSC[C@@H](C(=O)O[C@@H](C)C(=O)Nc1cc(C)on1)N1C(=O)c2ccccc2C1=O. The van der Waals surface area contributed by atoms with Crippen molar-refractivity contribution < 1.29 is 28.4 Å². The molecule has 2 atom stereocenters. The van der Waals surface area contributed by atoms with Gasteiger partial charge in [-0.25, -0.2) is 4.79 Å². The lowest BCUT2D eigenvalue weighted by Crippen LogP contribution is -2.48. The predicted octanol–water partition coefficient (Wildman–Crippen LogP) is 1.88. The number of ether oxygens (including phenoxy) is 1. The first-order valence-electron chi connectivity index (χ1n) is 8.74. The Balaban J connectivity index is 1.72. The molecule has 1 aliphatic rings. The summed E-state index contributed by atoms with van der Waals surface area (Å²) in [7, 11) is 0. The van der Waals surface area contributed by atoms with Crippen molar-refractivity contribution in [1.82, 2.24) is 10.1 Å². The zero-order valence-corrected chi connectivity index (χ0v) is 16.8. The Hall–Kier alpha value is -3.14. The summed E-state index contributed by atoms with van der Waals surface area (Å²) in [6, 6.07) is 6.73. The maximum absolute atomic E-state index is 12.7. The number of aromatic nitrogens is 1. The highest BCUT2D eigenvalue weighted by Gasteiger charge is 2.43. The lowest BCUT2D eigenvalue weighted by atomic mass is 10.1. The number of carbonyl (C=O) groups excluding carboxylic acids is 4. The molecule has 1 aromatic carbocycles. The van der Waals surface area contributed by atoms with E-state index in [1.807, 2.05) is 0 Å². The number of rotatable bonds is 7. The summed E-state index contributed by atoms with van der Waals surface area (Å²) >= 11 is 1.28. The molecule has 0 bridgehead atoms. The fourth-order valence-corrected chi connectivity index (χ4v) is 3.46. The lowest BCUT2D eigenvalue weighted by molar-refractivity contribution is -0.156. The Morgan fingerprint density at radius 1 is 1.24 bits per heavy atom. The first kappa shape index (κ1) is 20.6. The smallest absolute Gasteiger partial charge is 0.331 e. The minimum absolute atomic E-state index is 0.140. The standard InChI is InChI=1S/C19H19N3O6S/c1-10-8-15(21-28-10)20-16(23)11(2)27-19(26)14(9-29-3)22-17(24)12-6-4-5-7-13(12)18(22)25/h4-8,11,14H,9H2,1-3H3,(H,20,21,23)/t11-,14-/m0/s1. The van der Waals surface area contributed by atoms with Crippen molar-refractivity contribution in [3.8, 4) is 0 Å². The molecule has 0 saturated heterocycles. The summed E-state index contributed by atoms with van der Waals surface area (Å²) < 4.78 is 10.1. The molecule has 0 spiro atoms. The summed E-state index contributed by atoms with van der Waals surface area (Å²) in [6.45, 7) is 3.06. The van der Waals surface area contributed by atoms with Crippen molar-refractivity contribution in [2.24, 2.45) is 0 Å². The number of amides is 3. The number of nitrogens with one attached hydrogen (secondary N) is 1. The number of fused-ring (bicyclic) bond motifs is 1. The van der Waals surface area contributed by atoms with E-state index in [0.29, 0.717) is 5.76 Å². The number of thioether (sulfide) groups is 1. The number of hydrogen-bond donors (Lipinski definition) is 1. The molecule has 152 valence electrons. The molecule has 9 nitrogen and oxygen atoms in total. The van der Waals surface area contributed by atoms with Crippen molar-refractivity contribution in [3.05, 3.63) is 47.2 Å². The van der Waals surface area contributed by atoms with Crippen LogP contribution in [0.2, 0.25) is 0 Å². The average molecular weight is 417 g/mol. The van der Waals surface area contributed by atoms with Crippen LogP contribution in [0, 0.1) is 6.92 Å². The first-order chi connectivity index (χ1) is 13.8. The molecular formula is C19H19N3O6S. The highest BCUT2D eigenvalue weighted by atomic mass is 32.2. The molecule has 2 heterocycles. The van der Waals surface area contributed by atoms with Gasteiger partial charge in [0.15, 0.2) is 11.9 Å². The zero-order chi connectivity index (χ0) is 21.1. The van der Waals surface area contributed by atoms with Crippen LogP contribution in [-0.4, -0.2) is 57.9 Å². The lowest BCUT2D eigenvalue weighted by Gasteiger charge is -2.25. The molecule has 1 N–H and O–H groups in total. The topological polar surface area (TPSA) is 119 Å². The number of imide groups is 1. The van der Waals surface area contributed by atoms with Crippen molar-refractivity contribution >= 4 is 41.3 Å². The van der Waals surface area contributed by atoms with Crippen LogP contribution in [0.1, 0.15) is 33.4 Å². The average Bonchev–Trinajstić information content (AvgIpc) is 3.21. The number of benzene rings is 1. The number of carbonyl (C=O) groups is 4. The second-order valence-corrected chi connectivity index (χ2v) is 7.30. The highest BCUT2D eigenvalue weighted by molar-refractivity contribution is 7.98. The van der Waals surface area contributed by atoms with E-state index >= 15 is 0 Å². The molecule has 29 heavy (non-hydrogen) atoms. The molecule has 0 unspecified atom stereocenters. The van der Waals surface area contributed by atoms with Crippen LogP contribution >= 0.6 is 11.8 Å². The van der Waals surface area contributed by atoms with Crippen molar-refractivity contribution in [3.63, 3.8) is 0 Å². The third-order valence-corrected chi connectivity index (χ3v) is 4.92. The molecule has 3 amide bonds. The summed E-state index contributed by atoms with van der Waals surface area (Å²) in [5, 5.41) is 6.11. The zero-order valence-electron chi connectivity index (χ0n) is 16.0. The van der Waals surface area contributed by atoms with Crippen LogP contribution in [0.5, 0.6) is 0 Å².